The summed E-state index contributed by atoms with van der Waals surface area (Å²) < 4.78 is 26.4. The Kier molecular flexibility index (Phi) is 6.98. The number of nitrogens with one attached hydrogen (secondary N) is 1. The summed E-state index contributed by atoms with van der Waals surface area (Å²) in [6.07, 6.45) is 5.36. The first-order chi connectivity index (χ1) is 13.8. The Morgan fingerprint density at radius 2 is 1.76 bits per heavy atom. The Morgan fingerprint density at radius 1 is 1.10 bits per heavy atom. The number of carbonyl (C=O) groups is 1. The first-order valence-corrected chi connectivity index (χ1v) is 11.8. The molecule has 0 fully saturated rings. The predicted octanol–water partition coefficient (Wildman–Crippen LogP) is 4.11. The second-order valence-electron chi connectivity index (χ2n) is 7.48. The van der Waals surface area contributed by atoms with Crippen LogP contribution in [0.5, 0.6) is 0 Å². The van der Waals surface area contributed by atoms with Gasteiger partial charge in [0.2, 0.25) is 15.9 Å². The number of fused-ring (bicyclic) bond motifs is 1. The van der Waals surface area contributed by atoms with Crippen molar-refractivity contribution < 1.29 is 13.2 Å². The van der Waals surface area contributed by atoms with Gasteiger partial charge in [-0.25, -0.2) is 8.42 Å². The third-order valence-corrected chi connectivity index (χ3v) is 7.48. The van der Waals surface area contributed by atoms with E-state index in [0.717, 1.165) is 29.1 Å². The molecule has 0 saturated heterocycles. The predicted molar refractivity (Wildman–Crippen MR) is 116 cm³/mol. The Balaban J connectivity index is 1.67. The molecule has 2 aromatic rings. The molecular weight excluding hydrogens is 408 g/mol. The van der Waals surface area contributed by atoms with Gasteiger partial charge < -0.3 is 5.32 Å². The van der Waals surface area contributed by atoms with Gasteiger partial charge in [-0.05, 0) is 73.1 Å². The number of nitrogens with zero attached hydrogens (tertiary/aromatic N) is 1. The monoisotopic (exact) mass is 434 g/mol. The zero-order valence-corrected chi connectivity index (χ0v) is 18.4. The molecule has 0 aromatic heterocycles. The van der Waals surface area contributed by atoms with Gasteiger partial charge in [0.25, 0.3) is 0 Å². The van der Waals surface area contributed by atoms with E-state index < -0.39 is 10.0 Å². The summed E-state index contributed by atoms with van der Waals surface area (Å²) in [5, 5.41) is 3.45. The number of carbonyl (C=O) groups excluding carboxylic acids is 1. The second kappa shape index (κ2) is 9.28. The lowest BCUT2D eigenvalue weighted by molar-refractivity contribution is -0.121. The van der Waals surface area contributed by atoms with Gasteiger partial charge in [-0.15, -0.1) is 0 Å². The zero-order valence-electron chi connectivity index (χ0n) is 16.8. The number of benzene rings is 2. The van der Waals surface area contributed by atoms with Crippen molar-refractivity contribution in [2.24, 2.45) is 0 Å². The van der Waals surface area contributed by atoms with Crippen molar-refractivity contribution in [1.82, 2.24) is 9.62 Å². The van der Waals surface area contributed by atoms with Gasteiger partial charge in [0.15, 0.2) is 0 Å². The van der Waals surface area contributed by atoms with Gasteiger partial charge in [0, 0.05) is 12.1 Å². The van der Waals surface area contributed by atoms with Crippen LogP contribution in [0.2, 0.25) is 5.02 Å². The summed E-state index contributed by atoms with van der Waals surface area (Å²) in [7, 11) is -2.35. The number of amides is 1. The maximum Gasteiger partial charge on any atom is 0.243 e. The van der Waals surface area contributed by atoms with Crippen LogP contribution >= 0.6 is 11.6 Å². The van der Waals surface area contributed by atoms with Crippen LogP contribution in [0.4, 0.5) is 0 Å². The van der Waals surface area contributed by atoms with Crippen molar-refractivity contribution in [3.63, 3.8) is 0 Å². The maximum absolute atomic E-state index is 12.7. The molecule has 3 rings (SSSR count). The molecular formula is C22H27ClN2O3S. The normalized spacial score (nSPS) is 15.0. The van der Waals surface area contributed by atoms with Gasteiger partial charge in [-0.2, -0.15) is 4.31 Å². The second-order valence-corrected chi connectivity index (χ2v) is 9.96. The molecule has 0 bridgehead atoms. The van der Waals surface area contributed by atoms with Crippen molar-refractivity contribution >= 4 is 27.5 Å². The number of likely N-dealkylation sites (N-methyl/N-ethyl adjacent to an activating group) is 1. The molecule has 0 radical (unpaired) electrons. The summed E-state index contributed by atoms with van der Waals surface area (Å²) >= 11 is 5.83. The van der Waals surface area contributed by atoms with Crippen molar-refractivity contribution in [2.45, 2.75) is 50.0 Å². The Labute approximate surface area is 178 Å². The fourth-order valence-corrected chi connectivity index (χ4v) is 4.96. The van der Waals surface area contributed by atoms with Crippen LogP contribution in [0, 0.1) is 0 Å². The number of aryl methyl sites for hydroxylation is 2. The van der Waals surface area contributed by atoms with Gasteiger partial charge in [0.1, 0.15) is 0 Å². The van der Waals surface area contributed by atoms with E-state index in [0.29, 0.717) is 5.02 Å². The largest absolute Gasteiger partial charge is 0.348 e. The molecule has 0 heterocycles. The molecule has 0 spiro atoms. The highest BCUT2D eigenvalue weighted by molar-refractivity contribution is 7.89. The maximum atomic E-state index is 12.7. The average Bonchev–Trinajstić information content (AvgIpc) is 2.72. The highest BCUT2D eigenvalue weighted by atomic mass is 35.5. The molecule has 1 atom stereocenters. The van der Waals surface area contributed by atoms with E-state index in [1.807, 2.05) is 6.92 Å². The first kappa shape index (κ1) is 21.8. The zero-order chi connectivity index (χ0) is 21.0. The van der Waals surface area contributed by atoms with E-state index in [9.17, 15) is 13.2 Å². The van der Waals surface area contributed by atoms with Gasteiger partial charge in [-0.1, -0.05) is 36.7 Å². The van der Waals surface area contributed by atoms with Crippen LogP contribution in [-0.2, 0) is 27.7 Å². The van der Waals surface area contributed by atoms with E-state index in [1.54, 1.807) is 0 Å². The highest BCUT2D eigenvalue weighted by Crippen LogP contribution is 2.26. The van der Waals surface area contributed by atoms with Crippen molar-refractivity contribution in [3.05, 3.63) is 64.2 Å². The van der Waals surface area contributed by atoms with Crippen molar-refractivity contribution in [1.29, 1.82) is 0 Å². The third-order valence-electron chi connectivity index (χ3n) is 5.41. The lowest BCUT2D eigenvalue weighted by atomic mass is 9.89. The van der Waals surface area contributed by atoms with Gasteiger partial charge >= 0.3 is 0 Å². The van der Waals surface area contributed by atoms with E-state index in [4.69, 9.17) is 11.6 Å². The minimum Gasteiger partial charge on any atom is -0.348 e. The third kappa shape index (κ3) is 5.18. The molecule has 7 heteroatoms. The average molecular weight is 435 g/mol. The van der Waals surface area contributed by atoms with Crippen LogP contribution in [0.1, 0.15) is 48.9 Å². The van der Waals surface area contributed by atoms with Crippen LogP contribution in [-0.4, -0.2) is 32.2 Å². The molecule has 156 valence electrons. The van der Waals surface area contributed by atoms with Crippen LogP contribution in [0.25, 0.3) is 0 Å². The van der Waals surface area contributed by atoms with Crippen LogP contribution in [0.15, 0.2) is 47.4 Å². The summed E-state index contributed by atoms with van der Waals surface area (Å²) in [6, 6.07) is 12.2. The van der Waals surface area contributed by atoms with Crippen molar-refractivity contribution in [2.75, 3.05) is 13.6 Å². The van der Waals surface area contributed by atoms with Crippen LogP contribution in [0.3, 0.4) is 0 Å². The number of rotatable bonds is 7. The molecule has 1 aliphatic rings. The molecule has 0 aliphatic heterocycles. The summed E-state index contributed by atoms with van der Waals surface area (Å²) in [5.41, 5.74) is 3.84. The number of hydrogen-bond donors (Lipinski definition) is 1. The number of sulfonamides is 1. The summed E-state index contributed by atoms with van der Waals surface area (Å²) in [6.45, 7) is 1.77. The SMILES string of the molecule is CC[C@H](NC(=O)CN(C)S(=O)(=O)c1ccc(Cl)cc1)c1ccc2c(c1)CCCC2. The first-order valence-electron chi connectivity index (χ1n) is 9.94. The fraction of sp³-hybridized carbons (Fsp3) is 0.409. The minimum absolute atomic E-state index is 0.110. The van der Waals surface area contributed by atoms with Crippen LogP contribution < -0.4 is 5.32 Å². The molecule has 29 heavy (non-hydrogen) atoms. The van der Waals surface area contributed by atoms with E-state index >= 15 is 0 Å². The highest BCUT2D eigenvalue weighted by Gasteiger charge is 2.24. The Morgan fingerprint density at radius 3 is 2.41 bits per heavy atom. The molecule has 1 amide bonds. The van der Waals surface area contributed by atoms with E-state index in [-0.39, 0.29) is 23.4 Å². The smallest absolute Gasteiger partial charge is 0.243 e. The van der Waals surface area contributed by atoms with Gasteiger partial charge in [0.05, 0.1) is 17.5 Å². The molecule has 1 N–H and O–H groups in total. The number of halogens is 1. The Bertz CT molecular complexity index is 974. The standard InChI is InChI=1S/C22H27ClN2O3S/c1-3-21(18-9-8-16-6-4-5-7-17(16)14-18)24-22(26)15-25(2)29(27,28)20-12-10-19(23)11-13-20/h8-14,21H,3-7,15H2,1-2H3,(H,24,26)/t21-/m0/s1. The lowest BCUT2D eigenvalue weighted by Gasteiger charge is -2.23. The quantitative estimate of drug-likeness (QED) is 0.713. The Hall–Kier alpha value is -1.89. The summed E-state index contributed by atoms with van der Waals surface area (Å²) in [4.78, 5) is 12.7. The molecule has 0 unspecified atom stereocenters. The lowest BCUT2D eigenvalue weighted by Crippen LogP contribution is -2.39. The fourth-order valence-electron chi connectivity index (χ4n) is 3.70. The van der Waals surface area contributed by atoms with Gasteiger partial charge in [-0.3, -0.25) is 4.79 Å². The molecule has 1 aliphatic carbocycles. The van der Waals surface area contributed by atoms with Crippen molar-refractivity contribution in [3.8, 4) is 0 Å². The van der Waals surface area contributed by atoms with E-state index in [1.165, 1.54) is 55.3 Å². The molecule has 5 nitrogen and oxygen atoms in total. The topological polar surface area (TPSA) is 66.5 Å². The molecule has 2 aromatic carbocycles. The summed E-state index contributed by atoms with van der Waals surface area (Å²) in [5.74, 6) is -0.324. The molecule has 0 saturated carbocycles. The minimum atomic E-state index is -3.76. The number of hydrogen-bond acceptors (Lipinski definition) is 3. The van der Waals surface area contributed by atoms with E-state index in [2.05, 4.69) is 23.5 Å².